The first-order valence-corrected chi connectivity index (χ1v) is 8.57. The minimum Gasteiger partial charge on any atom is -0.366 e. The molecule has 1 atom stereocenters. The predicted octanol–water partition coefficient (Wildman–Crippen LogP) is 5.34. The Balaban J connectivity index is 1.77. The van der Waals surface area contributed by atoms with Crippen molar-refractivity contribution < 1.29 is 17.6 Å². The van der Waals surface area contributed by atoms with E-state index in [1.165, 1.54) is 24.5 Å². The van der Waals surface area contributed by atoms with Gasteiger partial charge in [-0.05, 0) is 44.2 Å². The minimum atomic E-state index is -4.45. The Labute approximate surface area is 159 Å². The number of hydrogen-bond donors (Lipinski definition) is 1. The summed E-state index contributed by atoms with van der Waals surface area (Å²) in [5.74, 6) is 5.43. The van der Waals surface area contributed by atoms with Crippen LogP contribution in [0.2, 0.25) is 0 Å². The van der Waals surface area contributed by atoms with Crippen molar-refractivity contribution in [2.24, 2.45) is 0 Å². The zero-order chi connectivity index (χ0) is 20.3. The molecule has 0 radical (unpaired) electrons. The van der Waals surface area contributed by atoms with Crippen molar-refractivity contribution >= 4 is 16.7 Å². The molecule has 0 amide bonds. The van der Waals surface area contributed by atoms with E-state index in [9.17, 15) is 17.6 Å². The van der Waals surface area contributed by atoms with Crippen LogP contribution in [0.1, 0.15) is 30.0 Å². The number of anilines is 1. The van der Waals surface area contributed by atoms with Gasteiger partial charge in [0.15, 0.2) is 0 Å². The van der Waals surface area contributed by atoms with Gasteiger partial charge in [-0.1, -0.05) is 23.5 Å². The van der Waals surface area contributed by atoms with E-state index in [0.717, 1.165) is 6.07 Å². The standard InChI is InChI=1S/C21H17F4N3/c1-13-6-7-15(18(10-13)21(23,24)25)5-3-4-14(2)28-20-17-11-16(22)8-9-19(17)26-12-27-20/h6-12,14H,4H2,1-2H3,(H,26,27,28). The van der Waals surface area contributed by atoms with Crippen LogP contribution < -0.4 is 5.32 Å². The highest BCUT2D eigenvalue weighted by atomic mass is 19.4. The summed E-state index contributed by atoms with van der Waals surface area (Å²) in [6.07, 6.45) is -2.81. The molecule has 1 N–H and O–H groups in total. The summed E-state index contributed by atoms with van der Waals surface area (Å²) < 4.78 is 53.0. The highest BCUT2D eigenvalue weighted by molar-refractivity contribution is 5.88. The molecule has 3 rings (SSSR count). The number of nitrogens with zero attached hydrogens (tertiary/aromatic N) is 2. The van der Waals surface area contributed by atoms with Gasteiger partial charge >= 0.3 is 6.18 Å². The summed E-state index contributed by atoms with van der Waals surface area (Å²) in [5, 5.41) is 3.64. The fourth-order valence-corrected chi connectivity index (χ4v) is 2.73. The Morgan fingerprint density at radius 3 is 2.64 bits per heavy atom. The molecule has 28 heavy (non-hydrogen) atoms. The van der Waals surface area contributed by atoms with Gasteiger partial charge in [-0.2, -0.15) is 13.2 Å². The molecule has 0 aliphatic rings. The maximum Gasteiger partial charge on any atom is 0.417 e. The molecule has 7 heteroatoms. The maximum atomic E-state index is 13.5. The molecule has 1 heterocycles. The third-order valence-corrected chi connectivity index (χ3v) is 4.09. The summed E-state index contributed by atoms with van der Waals surface area (Å²) in [6, 6.07) is 8.05. The van der Waals surface area contributed by atoms with Gasteiger partial charge in [0.05, 0.1) is 11.1 Å². The number of aromatic nitrogens is 2. The summed E-state index contributed by atoms with van der Waals surface area (Å²) in [4.78, 5) is 8.20. The fraction of sp³-hybridized carbons (Fsp3) is 0.238. The predicted molar refractivity (Wildman–Crippen MR) is 100 cm³/mol. The lowest BCUT2D eigenvalue weighted by Gasteiger charge is -2.13. The molecule has 0 aliphatic carbocycles. The molecule has 1 unspecified atom stereocenters. The first-order chi connectivity index (χ1) is 13.2. The van der Waals surface area contributed by atoms with Gasteiger partial charge in [0.1, 0.15) is 18.0 Å². The molecule has 2 aromatic carbocycles. The van der Waals surface area contributed by atoms with Gasteiger partial charge in [-0.3, -0.25) is 0 Å². The van der Waals surface area contributed by atoms with Gasteiger partial charge in [0, 0.05) is 23.4 Å². The van der Waals surface area contributed by atoms with E-state index in [0.29, 0.717) is 22.3 Å². The van der Waals surface area contributed by atoms with E-state index in [1.807, 2.05) is 6.92 Å². The summed E-state index contributed by atoms with van der Waals surface area (Å²) in [5.41, 5.74) is 0.320. The van der Waals surface area contributed by atoms with Gasteiger partial charge in [-0.25, -0.2) is 14.4 Å². The van der Waals surface area contributed by atoms with E-state index in [2.05, 4.69) is 27.1 Å². The largest absolute Gasteiger partial charge is 0.417 e. The van der Waals surface area contributed by atoms with E-state index in [1.54, 1.807) is 19.1 Å². The third-order valence-electron chi connectivity index (χ3n) is 4.09. The van der Waals surface area contributed by atoms with Crippen LogP contribution in [-0.4, -0.2) is 16.0 Å². The topological polar surface area (TPSA) is 37.8 Å². The van der Waals surface area contributed by atoms with Gasteiger partial charge in [0.25, 0.3) is 0 Å². The van der Waals surface area contributed by atoms with E-state index in [-0.39, 0.29) is 18.0 Å². The SMILES string of the molecule is Cc1ccc(C#CCC(C)Nc2ncnc3ccc(F)cc23)c(C(F)(F)F)c1. The number of halogens is 4. The van der Waals surface area contributed by atoms with Crippen LogP contribution in [0.5, 0.6) is 0 Å². The van der Waals surface area contributed by atoms with Gasteiger partial charge in [0.2, 0.25) is 0 Å². The van der Waals surface area contributed by atoms with Crippen LogP contribution in [0.25, 0.3) is 10.9 Å². The fourth-order valence-electron chi connectivity index (χ4n) is 2.73. The molecular weight excluding hydrogens is 370 g/mol. The van der Waals surface area contributed by atoms with Crippen molar-refractivity contribution in [3.8, 4) is 11.8 Å². The summed E-state index contributed by atoms with van der Waals surface area (Å²) in [6.45, 7) is 3.43. The Bertz CT molecular complexity index is 1060. The van der Waals surface area contributed by atoms with Crippen LogP contribution >= 0.6 is 0 Å². The van der Waals surface area contributed by atoms with Crippen LogP contribution in [0.15, 0.2) is 42.7 Å². The molecule has 144 valence electrons. The van der Waals surface area contributed by atoms with Crippen molar-refractivity contribution in [3.05, 3.63) is 65.2 Å². The lowest BCUT2D eigenvalue weighted by molar-refractivity contribution is -0.137. The number of fused-ring (bicyclic) bond motifs is 1. The van der Waals surface area contributed by atoms with E-state index >= 15 is 0 Å². The van der Waals surface area contributed by atoms with Crippen LogP contribution in [0, 0.1) is 24.6 Å². The Hall–Kier alpha value is -3.14. The Morgan fingerprint density at radius 1 is 1.11 bits per heavy atom. The van der Waals surface area contributed by atoms with Crippen LogP contribution in [0.3, 0.4) is 0 Å². The molecule has 3 aromatic rings. The minimum absolute atomic E-state index is 0.0557. The Kier molecular flexibility index (Phi) is 5.50. The molecule has 0 fully saturated rings. The zero-order valence-corrected chi connectivity index (χ0v) is 15.2. The average molecular weight is 387 g/mol. The highest BCUT2D eigenvalue weighted by Gasteiger charge is 2.33. The lowest BCUT2D eigenvalue weighted by atomic mass is 10.0. The maximum absolute atomic E-state index is 13.5. The second kappa shape index (κ2) is 7.85. The summed E-state index contributed by atoms with van der Waals surface area (Å²) in [7, 11) is 0. The first kappa shape index (κ1) is 19.6. The van der Waals surface area contributed by atoms with E-state index < -0.39 is 17.6 Å². The molecule has 1 aromatic heterocycles. The number of aryl methyl sites for hydroxylation is 1. The number of rotatable bonds is 3. The van der Waals surface area contributed by atoms with Crippen LogP contribution in [0.4, 0.5) is 23.4 Å². The monoisotopic (exact) mass is 387 g/mol. The summed E-state index contributed by atoms with van der Waals surface area (Å²) >= 11 is 0. The molecular formula is C21H17F4N3. The molecule has 0 saturated heterocycles. The number of hydrogen-bond acceptors (Lipinski definition) is 3. The second-order valence-electron chi connectivity index (χ2n) is 6.48. The molecule has 0 aliphatic heterocycles. The molecule has 0 saturated carbocycles. The van der Waals surface area contributed by atoms with Crippen molar-refractivity contribution in [2.45, 2.75) is 32.5 Å². The smallest absolute Gasteiger partial charge is 0.366 e. The number of benzene rings is 2. The third kappa shape index (κ3) is 4.58. The number of alkyl halides is 3. The highest BCUT2D eigenvalue weighted by Crippen LogP contribution is 2.32. The quantitative estimate of drug-likeness (QED) is 0.487. The number of nitrogens with one attached hydrogen (secondary N) is 1. The Morgan fingerprint density at radius 2 is 1.89 bits per heavy atom. The van der Waals surface area contributed by atoms with Gasteiger partial charge in [-0.15, -0.1) is 0 Å². The van der Waals surface area contributed by atoms with Crippen molar-refractivity contribution in [1.82, 2.24) is 9.97 Å². The first-order valence-electron chi connectivity index (χ1n) is 8.57. The van der Waals surface area contributed by atoms with Crippen molar-refractivity contribution in [1.29, 1.82) is 0 Å². The lowest BCUT2D eigenvalue weighted by Crippen LogP contribution is -2.15. The van der Waals surface area contributed by atoms with Crippen LogP contribution in [-0.2, 0) is 6.18 Å². The molecule has 0 bridgehead atoms. The van der Waals surface area contributed by atoms with Gasteiger partial charge < -0.3 is 5.32 Å². The molecule has 3 nitrogen and oxygen atoms in total. The zero-order valence-electron chi connectivity index (χ0n) is 15.2. The van der Waals surface area contributed by atoms with Crippen molar-refractivity contribution in [3.63, 3.8) is 0 Å². The van der Waals surface area contributed by atoms with E-state index in [4.69, 9.17) is 0 Å². The normalized spacial score (nSPS) is 12.4. The second-order valence-corrected chi connectivity index (χ2v) is 6.48. The van der Waals surface area contributed by atoms with Crippen molar-refractivity contribution in [2.75, 3.05) is 5.32 Å². The molecule has 0 spiro atoms. The average Bonchev–Trinajstić information content (AvgIpc) is 2.62.